The molecule has 3 rings (SSSR count). The lowest BCUT2D eigenvalue weighted by molar-refractivity contribution is 0.237. The Kier molecular flexibility index (Phi) is 5.91. The zero-order valence-corrected chi connectivity index (χ0v) is 17.9. The Morgan fingerprint density at radius 2 is 1.44 bits per heavy atom. The molecule has 0 atom stereocenters. The fourth-order valence-corrected chi connectivity index (χ4v) is 8.41. The summed E-state index contributed by atoms with van der Waals surface area (Å²) in [6.07, 6.45) is 2.23. The van der Waals surface area contributed by atoms with Gasteiger partial charge in [0.2, 0.25) is 0 Å². The largest absolute Gasteiger partial charge is 0.406 e. The monoisotopic (exact) mass is 378 g/mol. The van der Waals surface area contributed by atoms with Crippen molar-refractivity contribution in [1.29, 1.82) is 0 Å². The highest BCUT2D eigenvalue weighted by Gasteiger charge is 2.52. The molecule has 0 radical (unpaired) electrons. The molecule has 27 heavy (non-hydrogen) atoms. The van der Waals surface area contributed by atoms with Crippen LogP contribution < -0.4 is 10.4 Å². The molecule has 0 spiro atoms. The Morgan fingerprint density at radius 3 is 1.85 bits per heavy atom. The summed E-state index contributed by atoms with van der Waals surface area (Å²) in [4.78, 5) is 0. The molecule has 0 aromatic heterocycles. The van der Waals surface area contributed by atoms with Crippen LogP contribution in [-0.4, -0.2) is 28.6 Å². The van der Waals surface area contributed by atoms with Gasteiger partial charge in [-0.2, -0.15) is 0 Å². The van der Waals surface area contributed by atoms with E-state index in [1.54, 1.807) is 7.11 Å². The molecular formula is C24H30O2Si. The van der Waals surface area contributed by atoms with Gasteiger partial charge in [0.05, 0.1) is 12.0 Å². The quantitative estimate of drug-likeness (QED) is 0.559. The highest BCUT2D eigenvalue weighted by Crippen LogP contribution is 2.47. The maximum atomic E-state index is 7.02. The van der Waals surface area contributed by atoms with E-state index >= 15 is 0 Å². The van der Waals surface area contributed by atoms with E-state index < -0.39 is 8.32 Å². The van der Waals surface area contributed by atoms with Gasteiger partial charge in [-0.3, -0.25) is 0 Å². The number of benzene rings is 2. The molecule has 0 aliphatic heterocycles. The molecule has 1 saturated carbocycles. The molecular weight excluding hydrogens is 348 g/mol. The fraction of sp³-hybridized carbons (Fsp3) is 0.417. The summed E-state index contributed by atoms with van der Waals surface area (Å²) in [5.41, 5.74) is 0.00555. The number of methoxy groups -OCH3 is 1. The molecule has 0 N–H and O–H groups in total. The molecule has 2 nitrogen and oxygen atoms in total. The molecule has 0 heterocycles. The molecule has 2 aromatic rings. The number of hydrogen-bond acceptors (Lipinski definition) is 2. The van der Waals surface area contributed by atoms with E-state index in [-0.39, 0.29) is 10.5 Å². The van der Waals surface area contributed by atoms with Gasteiger partial charge in [-0.25, -0.2) is 0 Å². The first kappa shape index (κ1) is 19.9. The predicted octanol–water partition coefficient (Wildman–Crippen LogP) is 3.99. The molecule has 0 unspecified atom stereocenters. The van der Waals surface area contributed by atoms with E-state index in [2.05, 4.69) is 93.3 Å². The Hall–Kier alpha value is -1.86. The fourth-order valence-electron chi connectivity index (χ4n) is 3.76. The highest BCUT2D eigenvalue weighted by molar-refractivity contribution is 6.99. The van der Waals surface area contributed by atoms with Crippen molar-refractivity contribution in [1.82, 2.24) is 0 Å². The van der Waals surface area contributed by atoms with Gasteiger partial charge in [-0.05, 0) is 28.3 Å². The topological polar surface area (TPSA) is 18.5 Å². The Balaban J connectivity index is 2.02. The van der Waals surface area contributed by atoms with Crippen LogP contribution in [0.5, 0.6) is 0 Å². The summed E-state index contributed by atoms with van der Waals surface area (Å²) in [5, 5.41) is 2.65. The van der Waals surface area contributed by atoms with Crippen LogP contribution in [0.15, 0.2) is 60.7 Å². The first-order valence-electron chi connectivity index (χ1n) is 9.68. The standard InChI is InChI=1S/C24H30O2Si/c1-23(2,3)27(21-12-7-5-8-13-21,22-14-9-6-10-15-22)26-20-24(17-18-24)16-11-19-25-4/h5-10,12-15H,17-20H2,1-4H3. The predicted molar refractivity (Wildman–Crippen MR) is 115 cm³/mol. The van der Waals surface area contributed by atoms with E-state index in [4.69, 9.17) is 9.16 Å². The van der Waals surface area contributed by atoms with Gasteiger partial charge >= 0.3 is 0 Å². The van der Waals surface area contributed by atoms with Gasteiger partial charge in [-0.15, -0.1) is 0 Å². The van der Waals surface area contributed by atoms with Crippen LogP contribution in [0.3, 0.4) is 0 Å². The molecule has 3 heteroatoms. The average Bonchev–Trinajstić information content (AvgIpc) is 3.43. The first-order chi connectivity index (χ1) is 12.9. The zero-order valence-electron chi connectivity index (χ0n) is 16.9. The summed E-state index contributed by atoms with van der Waals surface area (Å²) >= 11 is 0. The third kappa shape index (κ3) is 4.19. The Labute approximate surface area is 165 Å². The van der Waals surface area contributed by atoms with Crippen LogP contribution in [0.25, 0.3) is 0 Å². The van der Waals surface area contributed by atoms with Gasteiger partial charge in [0.15, 0.2) is 0 Å². The minimum absolute atomic E-state index is 0.00555. The van der Waals surface area contributed by atoms with E-state index in [0.717, 1.165) is 12.8 Å². The van der Waals surface area contributed by atoms with Crippen LogP contribution in [0.2, 0.25) is 5.04 Å². The van der Waals surface area contributed by atoms with Crippen LogP contribution >= 0.6 is 0 Å². The lowest BCUT2D eigenvalue weighted by atomic mass is 10.1. The maximum absolute atomic E-state index is 7.02. The van der Waals surface area contributed by atoms with Gasteiger partial charge in [0.25, 0.3) is 8.32 Å². The lowest BCUT2D eigenvalue weighted by Crippen LogP contribution is -2.67. The third-order valence-electron chi connectivity index (χ3n) is 5.41. The van der Waals surface area contributed by atoms with Crippen molar-refractivity contribution in [3.05, 3.63) is 60.7 Å². The van der Waals surface area contributed by atoms with Gasteiger partial charge in [0.1, 0.15) is 6.61 Å². The van der Waals surface area contributed by atoms with Crippen molar-refractivity contribution < 1.29 is 9.16 Å². The molecule has 1 aliphatic carbocycles. The molecule has 0 bridgehead atoms. The van der Waals surface area contributed by atoms with E-state index in [1.165, 1.54) is 10.4 Å². The van der Waals surface area contributed by atoms with Gasteiger partial charge in [0, 0.05) is 7.11 Å². The molecule has 2 aromatic carbocycles. The molecule has 1 fully saturated rings. The summed E-state index contributed by atoms with van der Waals surface area (Å²) in [6.45, 7) is 8.12. The lowest BCUT2D eigenvalue weighted by Gasteiger charge is -2.43. The van der Waals surface area contributed by atoms with Crippen molar-refractivity contribution in [3.8, 4) is 11.8 Å². The second-order valence-electron chi connectivity index (χ2n) is 8.47. The van der Waals surface area contributed by atoms with Crippen molar-refractivity contribution in [2.24, 2.45) is 5.41 Å². The number of rotatable bonds is 6. The van der Waals surface area contributed by atoms with Crippen LogP contribution in [0.1, 0.15) is 33.6 Å². The smallest absolute Gasteiger partial charge is 0.261 e. The molecule has 1 aliphatic rings. The summed E-state index contributed by atoms with van der Waals surface area (Å²) in [6, 6.07) is 21.6. The second-order valence-corrected chi connectivity index (χ2v) is 12.8. The second kappa shape index (κ2) is 8.02. The van der Waals surface area contributed by atoms with Crippen LogP contribution in [0, 0.1) is 17.3 Å². The third-order valence-corrected chi connectivity index (χ3v) is 10.4. The van der Waals surface area contributed by atoms with E-state index in [9.17, 15) is 0 Å². The van der Waals surface area contributed by atoms with Crippen LogP contribution in [-0.2, 0) is 9.16 Å². The minimum Gasteiger partial charge on any atom is -0.406 e. The Morgan fingerprint density at radius 1 is 0.926 bits per heavy atom. The van der Waals surface area contributed by atoms with Crippen molar-refractivity contribution in [2.75, 3.05) is 20.3 Å². The number of hydrogen-bond donors (Lipinski definition) is 0. The van der Waals surface area contributed by atoms with E-state index in [0.29, 0.717) is 13.2 Å². The minimum atomic E-state index is -2.47. The van der Waals surface area contributed by atoms with Crippen LogP contribution in [0.4, 0.5) is 0 Å². The van der Waals surface area contributed by atoms with Gasteiger partial charge in [-0.1, -0.05) is 93.3 Å². The highest BCUT2D eigenvalue weighted by atomic mass is 28.4. The SMILES string of the molecule is COCC#CC1(CO[Si](c2ccccc2)(c2ccccc2)C(C)(C)C)CC1. The number of ether oxygens (including phenoxy) is 1. The maximum Gasteiger partial charge on any atom is 0.261 e. The van der Waals surface area contributed by atoms with Crippen molar-refractivity contribution in [2.45, 2.75) is 38.7 Å². The average molecular weight is 379 g/mol. The molecule has 0 amide bonds. The first-order valence-corrected chi connectivity index (χ1v) is 11.6. The summed E-state index contributed by atoms with van der Waals surface area (Å²) < 4.78 is 12.1. The van der Waals surface area contributed by atoms with E-state index in [1.807, 2.05) is 0 Å². The summed E-state index contributed by atoms with van der Waals surface area (Å²) in [5.74, 6) is 6.58. The normalized spacial score (nSPS) is 15.7. The van der Waals surface area contributed by atoms with Gasteiger partial charge < -0.3 is 9.16 Å². The zero-order chi connectivity index (χ0) is 19.4. The van der Waals surface area contributed by atoms with Crippen molar-refractivity contribution >= 4 is 18.7 Å². The Bertz CT molecular complexity index is 754. The summed E-state index contributed by atoms with van der Waals surface area (Å²) in [7, 11) is -0.778. The van der Waals surface area contributed by atoms with Crippen molar-refractivity contribution in [3.63, 3.8) is 0 Å². The molecule has 142 valence electrons. The molecule has 0 saturated heterocycles.